The quantitative estimate of drug-likeness (QED) is 0.906. The highest BCUT2D eigenvalue weighted by Crippen LogP contribution is 2.29. The molecule has 0 spiro atoms. The largest absolute Gasteiger partial charge is 0.480 e. The maximum Gasteiger partial charge on any atom is 0.326 e. The van der Waals surface area contributed by atoms with Gasteiger partial charge in [0.05, 0.1) is 0 Å². The molecule has 0 saturated carbocycles. The van der Waals surface area contributed by atoms with Crippen molar-refractivity contribution in [1.82, 2.24) is 4.90 Å². The molecular formula is C12H14BrNO3S. The van der Waals surface area contributed by atoms with Crippen LogP contribution in [0.25, 0.3) is 0 Å². The van der Waals surface area contributed by atoms with E-state index in [9.17, 15) is 14.7 Å². The van der Waals surface area contributed by atoms with Crippen LogP contribution in [0.4, 0.5) is 0 Å². The Kier molecular flexibility index (Phi) is 4.07. The van der Waals surface area contributed by atoms with Gasteiger partial charge < -0.3 is 10.0 Å². The lowest BCUT2D eigenvalue weighted by Crippen LogP contribution is -2.49. The first-order chi connectivity index (χ1) is 8.50. The predicted molar refractivity (Wildman–Crippen MR) is 72.9 cm³/mol. The minimum Gasteiger partial charge on any atom is -0.480 e. The number of hydrogen-bond donors (Lipinski definition) is 1. The minimum absolute atomic E-state index is 0.184. The van der Waals surface area contributed by atoms with E-state index < -0.39 is 12.0 Å². The van der Waals surface area contributed by atoms with Crippen molar-refractivity contribution in [3.05, 3.63) is 20.8 Å². The molecule has 18 heavy (non-hydrogen) atoms. The number of carboxylic acid groups (broad SMARTS) is 1. The third kappa shape index (κ3) is 2.59. The molecule has 2 atom stereocenters. The summed E-state index contributed by atoms with van der Waals surface area (Å²) < 4.78 is 0.736. The van der Waals surface area contributed by atoms with Gasteiger partial charge in [-0.05, 0) is 46.1 Å². The summed E-state index contributed by atoms with van der Waals surface area (Å²) in [5, 5.41) is 11.1. The highest BCUT2D eigenvalue weighted by atomic mass is 79.9. The molecular weight excluding hydrogens is 318 g/mol. The van der Waals surface area contributed by atoms with Gasteiger partial charge in [-0.25, -0.2) is 4.79 Å². The molecule has 98 valence electrons. The molecule has 0 radical (unpaired) electrons. The molecule has 0 aromatic carbocycles. The Hall–Kier alpha value is -0.880. The third-order valence-corrected chi connectivity index (χ3v) is 5.05. The van der Waals surface area contributed by atoms with Crippen molar-refractivity contribution in [2.75, 3.05) is 6.54 Å². The van der Waals surface area contributed by atoms with Gasteiger partial charge in [0.2, 0.25) is 0 Å². The van der Waals surface area contributed by atoms with Crippen molar-refractivity contribution < 1.29 is 14.7 Å². The summed E-state index contributed by atoms with van der Waals surface area (Å²) >= 11 is 4.65. The van der Waals surface area contributed by atoms with Crippen LogP contribution in [-0.2, 0) is 4.79 Å². The van der Waals surface area contributed by atoms with Crippen molar-refractivity contribution in [1.29, 1.82) is 0 Å². The van der Waals surface area contributed by atoms with E-state index >= 15 is 0 Å². The molecule has 4 nitrogen and oxygen atoms in total. The number of nitrogens with zero attached hydrogens (tertiary/aromatic N) is 1. The number of halogens is 1. The van der Waals surface area contributed by atoms with E-state index in [0.29, 0.717) is 23.8 Å². The first-order valence-electron chi connectivity index (χ1n) is 5.77. The summed E-state index contributed by atoms with van der Waals surface area (Å²) in [6, 6.07) is 1.11. The van der Waals surface area contributed by atoms with Gasteiger partial charge in [0.1, 0.15) is 10.9 Å². The van der Waals surface area contributed by atoms with Gasteiger partial charge in [-0.15, -0.1) is 11.3 Å². The molecule has 1 N–H and O–H groups in total. The zero-order valence-electron chi connectivity index (χ0n) is 9.93. The number of hydrogen-bond acceptors (Lipinski definition) is 3. The fraction of sp³-hybridized carbons (Fsp3) is 0.500. The number of rotatable bonds is 2. The third-order valence-electron chi connectivity index (χ3n) is 3.22. The van der Waals surface area contributed by atoms with Crippen LogP contribution < -0.4 is 0 Å². The zero-order valence-corrected chi connectivity index (χ0v) is 12.3. The van der Waals surface area contributed by atoms with Crippen LogP contribution in [0, 0.1) is 5.92 Å². The monoisotopic (exact) mass is 331 g/mol. The van der Waals surface area contributed by atoms with Crippen molar-refractivity contribution >= 4 is 39.1 Å². The van der Waals surface area contributed by atoms with E-state index in [-0.39, 0.29) is 5.91 Å². The average Bonchev–Trinajstić information content (AvgIpc) is 2.74. The Bertz CT molecular complexity index is 474. The molecule has 2 rings (SSSR count). The highest BCUT2D eigenvalue weighted by Gasteiger charge is 2.35. The van der Waals surface area contributed by atoms with E-state index in [4.69, 9.17) is 0 Å². The Balaban J connectivity index is 2.23. The van der Waals surface area contributed by atoms with E-state index in [2.05, 4.69) is 15.9 Å². The lowest BCUT2D eigenvalue weighted by molar-refractivity contribution is -0.144. The number of aliphatic carboxylic acids is 1. The van der Waals surface area contributed by atoms with Gasteiger partial charge >= 0.3 is 5.97 Å². The molecule has 1 aliphatic heterocycles. The van der Waals surface area contributed by atoms with Gasteiger partial charge in [-0.2, -0.15) is 0 Å². The molecule has 1 amide bonds. The number of thiophene rings is 1. The fourth-order valence-corrected chi connectivity index (χ4v) is 3.69. The number of likely N-dealkylation sites (tertiary alicyclic amines) is 1. The molecule has 0 aliphatic carbocycles. The van der Waals surface area contributed by atoms with Gasteiger partial charge in [0, 0.05) is 11.0 Å². The fourth-order valence-electron chi connectivity index (χ4n) is 2.20. The number of carbonyl (C=O) groups is 2. The van der Waals surface area contributed by atoms with Crippen LogP contribution in [0.15, 0.2) is 15.9 Å². The molecule has 1 aliphatic rings. The summed E-state index contributed by atoms with van der Waals surface area (Å²) in [5.41, 5.74) is 0. The van der Waals surface area contributed by atoms with Crippen LogP contribution in [0.1, 0.15) is 29.4 Å². The summed E-state index contributed by atoms with van der Waals surface area (Å²) in [4.78, 5) is 25.7. The topological polar surface area (TPSA) is 57.6 Å². The second kappa shape index (κ2) is 5.40. The Morgan fingerprint density at radius 1 is 1.56 bits per heavy atom. The molecule has 0 bridgehead atoms. The van der Waals surface area contributed by atoms with Crippen LogP contribution in [0.2, 0.25) is 0 Å². The van der Waals surface area contributed by atoms with Crippen LogP contribution >= 0.6 is 27.3 Å². The molecule has 2 unspecified atom stereocenters. The SMILES string of the molecule is CC1CCN(C(=O)c2sccc2Br)C(C(=O)O)C1. The molecule has 2 heterocycles. The summed E-state index contributed by atoms with van der Waals surface area (Å²) in [5.74, 6) is -0.749. The number of amides is 1. The Morgan fingerprint density at radius 3 is 2.83 bits per heavy atom. The van der Waals surface area contributed by atoms with E-state index in [1.807, 2.05) is 12.3 Å². The molecule has 1 aromatic heterocycles. The highest BCUT2D eigenvalue weighted by molar-refractivity contribution is 9.10. The Labute approximate surface area is 118 Å². The number of carbonyl (C=O) groups excluding carboxylic acids is 1. The second-order valence-corrected chi connectivity index (χ2v) is 6.35. The van der Waals surface area contributed by atoms with E-state index in [1.165, 1.54) is 16.2 Å². The standard InChI is InChI=1S/C12H14BrNO3S/c1-7-2-4-14(9(6-7)12(16)17)11(15)10-8(13)3-5-18-10/h3,5,7,9H,2,4,6H2,1H3,(H,16,17). The summed E-state index contributed by atoms with van der Waals surface area (Å²) in [7, 11) is 0. The Morgan fingerprint density at radius 2 is 2.28 bits per heavy atom. The normalized spacial score (nSPS) is 24.0. The van der Waals surface area contributed by atoms with Crippen LogP contribution in [-0.4, -0.2) is 34.5 Å². The molecule has 1 saturated heterocycles. The first kappa shape index (κ1) is 13.5. The molecule has 1 fully saturated rings. The number of carboxylic acids is 1. The number of piperidine rings is 1. The van der Waals surface area contributed by atoms with Crippen LogP contribution in [0.3, 0.4) is 0 Å². The van der Waals surface area contributed by atoms with Crippen molar-refractivity contribution in [3.63, 3.8) is 0 Å². The van der Waals surface area contributed by atoms with E-state index in [1.54, 1.807) is 6.07 Å². The van der Waals surface area contributed by atoms with Gasteiger partial charge in [-0.1, -0.05) is 6.92 Å². The predicted octanol–water partition coefficient (Wildman–Crippen LogP) is 2.84. The second-order valence-electron chi connectivity index (χ2n) is 4.58. The molecule has 1 aromatic rings. The van der Waals surface area contributed by atoms with Crippen molar-refractivity contribution in [2.24, 2.45) is 5.92 Å². The summed E-state index contributed by atoms with van der Waals surface area (Å²) in [6.07, 6.45) is 1.39. The van der Waals surface area contributed by atoms with Gasteiger partial charge in [0.15, 0.2) is 0 Å². The summed E-state index contributed by atoms with van der Waals surface area (Å²) in [6.45, 7) is 2.54. The average molecular weight is 332 g/mol. The molecule has 6 heteroatoms. The maximum atomic E-state index is 12.3. The van der Waals surface area contributed by atoms with Gasteiger partial charge in [0.25, 0.3) is 5.91 Å². The zero-order chi connectivity index (χ0) is 13.3. The smallest absolute Gasteiger partial charge is 0.326 e. The first-order valence-corrected chi connectivity index (χ1v) is 7.44. The lowest BCUT2D eigenvalue weighted by Gasteiger charge is -2.35. The van der Waals surface area contributed by atoms with Gasteiger partial charge in [-0.3, -0.25) is 4.79 Å². The maximum absolute atomic E-state index is 12.3. The lowest BCUT2D eigenvalue weighted by atomic mass is 9.92. The van der Waals surface area contributed by atoms with Crippen LogP contribution in [0.5, 0.6) is 0 Å². The van der Waals surface area contributed by atoms with Crippen molar-refractivity contribution in [3.8, 4) is 0 Å². The van der Waals surface area contributed by atoms with Crippen molar-refractivity contribution in [2.45, 2.75) is 25.8 Å². The minimum atomic E-state index is -0.914. The van der Waals surface area contributed by atoms with E-state index in [0.717, 1.165) is 10.9 Å².